The van der Waals surface area contributed by atoms with Crippen LogP contribution in [0.25, 0.3) is 0 Å². The molecule has 0 spiro atoms. The molecule has 0 aromatic heterocycles. The molecule has 0 unspecified atom stereocenters. The Hall–Kier alpha value is -2.93. The van der Waals surface area contributed by atoms with Crippen LogP contribution >= 0.6 is 11.6 Å². The number of piperazine rings is 1. The number of amides is 2. The molecule has 8 heteroatoms. The van der Waals surface area contributed by atoms with E-state index in [9.17, 15) is 14.7 Å². The average Bonchev–Trinajstić information content (AvgIpc) is 2.77. The lowest BCUT2D eigenvalue weighted by atomic mass is 10.0. The highest BCUT2D eigenvalue weighted by Gasteiger charge is 2.34. The number of anilines is 1. The van der Waals surface area contributed by atoms with Gasteiger partial charge in [0.25, 0.3) is 0 Å². The van der Waals surface area contributed by atoms with Crippen LogP contribution in [0.1, 0.15) is 26.3 Å². The maximum Gasteiger partial charge on any atom is 0.410 e. The molecule has 2 amide bonds. The largest absolute Gasteiger partial charge is 0.508 e. The molecule has 0 aliphatic carbocycles. The van der Waals surface area contributed by atoms with Gasteiger partial charge in [-0.2, -0.15) is 0 Å². The number of halogens is 1. The zero-order chi connectivity index (χ0) is 24.2. The van der Waals surface area contributed by atoms with Crippen molar-refractivity contribution in [3.05, 3.63) is 59.1 Å². The van der Waals surface area contributed by atoms with Crippen LogP contribution in [0, 0.1) is 0 Å². The summed E-state index contributed by atoms with van der Waals surface area (Å²) in [6.07, 6.45) is -0.217. The standard InChI is InChI=1S/C25H32ClN3O4/c1-25(2,3)33-24(32)27(4)22(17-18-5-11-21(30)12-6-18)23(31)29-15-13-28(14-16-29)20-9-7-19(26)8-10-20/h5-12,22,30H,13-17H2,1-4H3/t22-/m0/s1. The van der Waals surface area contributed by atoms with E-state index in [1.165, 1.54) is 4.90 Å². The third-order valence-electron chi connectivity index (χ3n) is 5.58. The highest BCUT2D eigenvalue weighted by atomic mass is 35.5. The van der Waals surface area contributed by atoms with Gasteiger partial charge >= 0.3 is 6.09 Å². The van der Waals surface area contributed by atoms with Gasteiger partial charge in [-0.15, -0.1) is 0 Å². The van der Waals surface area contributed by atoms with Gasteiger partial charge in [0.2, 0.25) is 5.91 Å². The first-order chi connectivity index (χ1) is 15.5. The topological polar surface area (TPSA) is 73.3 Å². The zero-order valence-electron chi connectivity index (χ0n) is 19.6. The summed E-state index contributed by atoms with van der Waals surface area (Å²) in [6, 6.07) is 13.6. The molecule has 7 nitrogen and oxygen atoms in total. The summed E-state index contributed by atoms with van der Waals surface area (Å²) < 4.78 is 5.52. The molecule has 0 bridgehead atoms. The number of ether oxygens (including phenoxy) is 1. The Kier molecular flexibility index (Phi) is 7.74. The van der Waals surface area contributed by atoms with Gasteiger partial charge in [0.05, 0.1) is 0 Å². The first-order valence-corrected chi connectivity index (χ1v) is 11.4. The van der Waals surface area contributed by atoms with Crippen LogP contribution < -0.4 is 4.90 Å². The average molecular weight is 474 g/mol. The molecule has 1 aliphatic heterocycles. The van der Waals surface area contributed by atoms with Crippen molar-refractivity contribution in [1.29, 1.82) is 0 Å². The highest BCUT2D eigenvalue weighted by molar-refractivity contribution is 6.30. The molecule has 1 fully saturated rings. The molecule has 1 atom stereocenters. The number of hydrogen-bond acceptors (Lipinski definition) is 5. The minimum atomic E-state index is -0.716. The number of likely N-dealkylation sites (N-methyl/N-ethyl adjacent to an activating group) is 1. The Morgan fingerprint density at radius 2 is 1.61 bits per heavy atom. The highest BCUT2D eigenvalue weighted by Crippen LogP contribution is 2.21. The first-order valence-electron chi connectivity index (χ1n) is 11.1. The van der Waals surface area contributed by atoms with Crippen molar-refractivity contribution in [1.82, 2.24) is 9.80 Å². The Bertz CT molecular complexity index is 949. The van der Waals surface area contributed by atoms with Crippen molar-refractivity contribution in [3.8, 4) is 5.75 Å². The summed E-state index contributed by atoms with van der Waals surface area (Å²) in [5.74, 6) is 0.0348. The summed E-state index contributed by atoms with van der Waals surface area (Å²) >= 11 is 5.99. The lowest BCUT2D eigenvalue weighted by molar-refractivity contribution is -0.136. The Labute approximate surface area is 200 Å². The van der Waals surface area contributed by atoms with Gasteiger partial charge in [-0.1, -0.05) is 23.7 Å². The number of rotatable bonds is 5. The van der Waals surface area contributed by atoms with Crippen LogP contribution in [0.5, 0.6) is 5.75 Å². The second kappa shape index (κ2) is 10.3. The first kappa shape index (κ1) is 24.7. The molecular formula is C25H32ClN3O4. The molecule has 1 heterocycles. The number of aromatic hydroxyl groups is 1. The molecule has 2 aromatic carbocycles. The molecule has 178 valence electrons. The molecule has 33 heavy (non-hydrogen) atoms. The summed E-state index contributed by atoms with van der Waals surface area (Å²) in [4.78, 5) is 31.7. The summed E-state index contributed by atoms with van der Waals surface area (Å²) in [5, 5.41) is 10.3. The molecule has 1 aliphatic rings. The van der Waals surface area contributed by atoms with E-state index in [-0.39, 0.29) is 11.7 Å². The Morgan fingerprint density at radius 1 is 1.03 bits per heavy atom. The van der Waals surface area contributed by atoms with Crippen molar-refractivity contribution in [2.45, 2.75) is 38.8 Å². The fraction of sp³-hybridized carbons (Fsp3) is 0.440. The van der Waals surface area contributed by atoms with Crippen molar-refractivity contribution in [3.63, 3.8) is 0 Å². The van der Waals surface area contributed by atoms with E-state index >= 15 is 0 Å². The van der Waals surface area contributed by atoms with Gasteiger partial charge in [0, 0.05) is 50.4 Å². The summed E-state index contributed by atoms with van der Waals surface area (Å²) in [5.41, 5.74) is 1.25. The van der Waals surface area contributed by atoms with Crippen LogP contribution in [0.4, 0.5) is 10.5 Å². The van der Waals surface area contributed by atoms with Crippen LogP contribution in [0.15, 0.2) is 48.5 Å². The Balaban J connectivity index is 1.73. The van der Waals surface area contributed by atoms with Gasteiger partial charge in [-0.3, -0.25) is 9.69 Å². The van der Waals surface area contributed by atoms with Crippen LogP contribution in [-0.4, -0.2) is 71.8 Å². The Morgan fingerprint density at radius 3 is 2.15 bits per heavy atom. The van der Waals surface area contributed by atoms with E-state index in [0.717, 1.165) is 11.3 Å². The number of hydrogen-bond donors (Lipinski definition) is 1. The quantitative estimate of drug-likeness (QED) is 0.705. The van der Waals surface area contributed by atoms with Crippen molar-refractivity contribution >= 4 is 29.3 Å². The second-order valence-electron chi connectivity index (χ2n) is 9.27. The van der Waals surface area contributed by atoms with Crippen molar-refractivity contribution in [2.24, 2.45) is 0 Å². The molecule has 0 radical (unpaired) electrons. The molecule has 1 saturated heterocycles. The minimum Gasteiger partial charge on any atom is -0.508 e. The lowest BCUT2D eigenvalue weighted by Crippen LogP contribution is -2.56. The predicted molar refractivity (Wildman–Crippen MR) is 130 cm³/mol. The van der Waals surface area contributed by atoms with Crippen LogP contribution in [-0.2, 0) is 16.0 Å². The smallest absolute Gasteiger partial charge is 0.410 e. The third-order valence-corrected chi connectivity index (χ3v) is 5.83. The van der Waals surface area contributed by atoms with Crippen molar-refractivity contribution in [2.75, 3.05) is 38.1 Å². The lowest BCUT2D eigenvalue weighted by Gasteiger charge is -2.39. The number of nitrogens with zero attached hydrogens (tertiary/aromatic N) is 3. The maximum atomic E-state index is 13.6. The van der Waals surface area contributed by atoms with Crippen LogP contribution in [0.2, 0.25) is 5.02 Å². The number of phenolic OH excluding ortho intramolecular Hbond substituents is 1. The molecule has 0 saturated carbocycles. The van der Waals surface area contributed by atoms with E-state index in [0.29, 0.717) is 37.6 Å². The number of benzene rings is 2. The van der Waals surface area contributed by atoms with Gasteiger partial charge < -0.3 is 19.6 Å². The maximum absolute atomic E-state index is 13.6. The molecule has 3 rings (SSSR count). The zero-order valence-corrected chi connectivity index (χ0v) is 20.4. The van der Waals surface area contributed by atoms with Gasteiger partial charge in [0.1, 0.15) is 17.4 Å². The van der Waals surface area contributed by atoms with E-state index in [2.05, 4.69) is 4.90 Å². The van der Waals surface area contributed by atoms with Crippen LogP contribution in [0.3, 0.4) is 0 Å². The molecule has 1 N–H and O–H groups in total. The SMILES string of the molecule is CN(C(=O)OC(C)(C)C)[C@@H](Cc1ccc(O)cc1)C(=O)N1CCN(c2ccc(Cl)cc2)CC1. The van der Waals surface area contributed by atoms with E-state index in [4.69, 9.17) is 16.3 Å². The predicted octanol–water partition coefficient (Wildman–Crippen LogP) is 4.17. The molecule has 2 aromatic rings. The minimum absolute atomic E-state index is 0.118. The van der Waals surface area contributed by atoms with Gasteiger partial charge in [0.15, 0.2) is 0 Å². The van der Waals surface area contributed by atoms with Gasteiger partial charge in [-0.25, -0.2) is 4.79 Å². The second-order valence-corrected chi connectivity index (χ2v) is 9.70. The van der Waals surface area contributed by atoms with E-state index in [1.807, 2.05) is 24.3 Å². The fourth-order valence-corrected chi connectivity index (χ4v) is 3.88. The number of carbonyl (C=O) groups is 2. The van der Waals surface area contributed by atoms with E-state index < -0.39 is 17.7 Å². The number of carbonyl (C=O) groups excluding carboxylic acids is 2. The normalized spacial score (nSPS) is 15.2. The monoisotopic (exact) mass is 473 g/mol. The molecular weight excluding hydrogens is 442 g/mol. The summed E-state index contributed by atoms with van der Waals surface area (Å²) in [6.45, 7) is 7.87. The van der Waals surface area contributed by atoms with E-state index in [1.54, 1.807) is 57.0 Å². The number of phenols is 1. The summed E-state index contributed by atoms with van der Waals surface area (Å²) in [7, 11) is 1.60. The fourth-order valence-electron chi connectivity index (χ4n) is 3.75. The third kappa shape index (κ3) is 6.78. The van der Waals surface area contributed by atoms with Gasteiger partial charge in [-0.05, 0) is 62.7 Å². The van der Waals surface area contributed by atoms with Crippen molar-refractivity contribution < 1.29 is 19.4 Å².